The van der Waals surface area contributed by atoms with Gasteiger partial charge < -0.3 is 4.79 Å². The minimum Gasteiger partial charge on any atom is -0.303 e. The van der Waals surface area contributed by atoms with E-state index < -0.39 is 0 Å². The summed E-state index contributed by atoms with van der Waals surface area (Å²) in [6.45, 7) is 5.80. The van der Waals surface area contributed by atoms with E-state index in [2.05, 4.69) is 13.5 Å². The maximum absolute atomic E-state index is 10.6. The minimum absolute atomic E-state index is 0.311. The summed E-state index contributed by atoms with van der Waals surface area (Å²) in [5.74, 6) is 0.311. The van der Waals surface area contributed by atoms with Crippen molar-refractivity contribution < 1.29 is 4.79 Å². The highest BCUT2D eigenvalue weighted by Crippen LogP contribution is 2.13. The zero-order valence-corrected chi connectivity index (χ0v) is 10.2. The van der Waals surface area contributed by atoms with Crippen LogP contribution in [0.3, 0.4) is 0 Å². The van der Waals surface area contributed by atoms with E-state index in [9.17, 15) is 4.79 Å². The Hall–Kier alpha value is -0.590. The summed E-state index contributed by atoms with van der Waals surface area (Å²) in [6.07, 6.45) is 14.2. The number of hydrogen-bond acceptors (Lipinski definition) is 1. The summed E-state index contributed by atoms with van der Waals surface area (Å²) < 4.78 is 0. The molecular weight excluding hydrogens is 184 g/mol. The molecule has 1 heteroatoms. The molecule has 0 bridgehead atoms. The van der Waals surface area contributed by atoms with Crippen LogP contribution in [0, 0.1) is 5.92 Å². The normalized spacial score (nSPS) is 12.3. The summed E-state index contributed by atoms with van der Waals surface area (Å²) in [5.41, 5.74) is 0. The van der Waals surface area contributed by atoms with E-state index in [4.69, 9.17) is 0 Å². The Kier molecular flexibility index (Phi) is 11.0. The molecule has 0 spiro atoms. The van der Waals surface area contributed by atoms with Crippen molar-refractivity contribution in [3.05, 3.63) is 12.7 Å². The molecule has 0 N–H and O–H groups in total. The van der Waals surface area contributed by atoms with Crippen molar-refractivity contribution in [2.45, 2.75) is 64.7 Å². The van der Waals surface area contributed by atoms with Crippen LogP contribution in [0.2, 0.25) is 0 Å². The summed E-state index contributed by atoms with van der Waals surface area (Å²) in [6, 6.07) is 0. The number of aldehydes is 1. The van der Waals surface area contributed by atoms with E-state index in [-0.39, 0.29) is 0 Å². The third-order valence-corrected chi connectivity index (χ3v) is 2.95. The summed E-state index contributed by atoms with van der Waals surface area (Å²) in [7, 11) is 0. The molecule has 0 aliphatic rings. The smallest absolute Gasteiger partial charge is 0.123 e. The van der Waals surface area contributed by atoms with Gasteiger partial charge >= 0.3 is 0 Å². The van der Waals surface area contributed by atoms with Gasteiger partial charge in [0.2, 0.25) is 0 Å². The first-order valence-electron chi connectivity index (χ1n) is 6.41. The lowest BCUT2D eigenvalue weighted by molar-refractivity contribution is -0.111. The first-order valence-corrected chi connectivity index (χ1v) is 6.41. The second-order valence-corrected chi connectivity index (χ2v) is 4.29. The van der Waals surface area contributed by atoms with Gasteiger partial charge in [-0.05, 0) is 25.7 Å². The predicted molar refractivity (Wildman–Crippen MR) is 67.0 cm³/mol. The largest absolute Gasteiger partial charge is 0.303 e. The van der Waals surface area contributed by atoms with Gasteiger partial charge in [-0.25, -0.2) is 0 Å². The van der Waals surface area contributed by atoms with Gasteiger partial charge in [0.05, 0.1) is 0 Å². The molecule has 0 rings (SSSR count). The number of hydrogen-bond donors (Lipinski definition) is 0. The molecular formula is C14H26O. The highest BCUT2D eigenvalue weighted by Gasteiger charge is 2.02. The van der Waals surface area contributed by atoms with E-state index in [1.807, 2.05) is 6.08 Å². The van der Waals surface area contributed by atoms with Crippen molar-refractivity contribution >= 4 is 6.29 Å². The van der Waals surface area contributed by atoms with Gasteiger partial charge in [0, 0.05) is 5.92 Å². The lowest BCUT2D eigenvalue weighted by atomic mass is 9.99. The Labute approximate surface area is 95.0 Å². The topological polar surface area (TPSA) is 17.1 Å². The molecule has 0 heterocycles. The molecule has 0 amide bonds. The summed E-state index contributed by atoms with van der Waals surface area (Å²) in [5, 5.41) is 0. The maximum atomic E-state index is 10.6. The van der Waals surface area contributed by atoms with Crippen LogP contribution in [0.5, 0.6) is 0 Å². The number of rotatable bonds is 11. The van der Waals surface area contributed by atoms with Crippen LogP contribution in [0.15, 0.2) is 12.7 Å². The molecule has 88 valence electrons. The zero-order valence-electron chi connectivity index (χ0n) is 10.2. The molecule has 0 saturated heterocycles. The predicted octanol–water partition coefficient (Wildman–Crippen LogP) is 4.52. The van der Waals surface area contributed by atoms with Crippen LogP contribution in [-0.2, 0) is 4.79 Å². The fourth-order valence-corrected chi connectivity index (χ4v) is 1.77. The molecule has 0 saturated carbocycles. The van der Waals surface area contributed by atoms with E-state index in [0.29, 0.717) is 5.92 Å². The second kappa shape index (κ2) is 11.5. The minimum atomic E-state index is 0.311. The van der Waals surface area contributed by atoms with Crippen molar-refractivity contribution in [1.82, 2.24) is 0 Å². The highest BCUT2D eigenvalue weighted by molar-refractivity contribution is 5.53. The molecule has 0 radical (unpaired) electrons. The molecule has 0 aromatic heterocycles. The quantitative estimate of drug-likeness (QED) is 0.278. The van der Waals surface area contributed by atoms with Crippen molar-refractivity contribution in [2.75, 3.05) is 0 Å². The fourth-order valence-electron chi connectivity index (χ4n) is 1.77. The van der Waals surface area contributed by atoms with E-state index in [1.54, 1.807) is 0 Å². The Bertz CT molecular complexity index is 151. The third-order valence-electron chi connectivity index (χ3n) is 2.95. The second-order valence-electron chi connectivity index (χ2n) is 4.29. The lowest BCUT2D eigenvalue weighted by Crippen LogP contribution is -1.99. The van der Waals surface area contributed by atoms with Crippen LogP contribution in [0.4, 0.5) is 0 Å². The molecule has 0 aromatic carbocycles. The Morgan fingerprint density at radius 3 is 2.20 bits per heavy atom. The number of carbonyl (C=O) groups excluding carboxylic acids is 1. The SMILES string of the molecule is C=CCCCCCCCCC(C=O)CC. The number of unbranched alkanes of at least 4 members (excludes halogenated alkanes) is 6. The van der Waals surface area contributed by atoms with Gasteiger partial charge in [0.15, 0.2) is 0 Å². The first kappa shape index (κ1) is 14.4. The lowest BCUT2D eigenvalue weighted by Gasteiger charge is -2.06. The summed E-state index contributed by atoms with van der Waals surface area (Å²) in [4.78, 5) is 10.6. The number of allylic oxidation sites excluding steroid dienone is 1. The standard InChI is InChI=1S/C14H26O/c1-3-5-6-7-8-9-10-11-12-14(4-2)13-15/h3,13-14H,1,4-12H2,2H3. The average molecular weight is 210 g/mol. The monoisotopic (exact) mass is 210 g/mol. The van der Waals surface area contributed by atoms with Gasteiger partial charge in [-0.2, -0.15) is 0 Å². The van der Waals surface area contributed by atoms with E-state index in [1.165, 1.54) is 38.5 Å². The van der Waals surface area contributed by atoms with Gasteiger partial charge in [-0.15, -0.1) is 6.58 Å². The average Bonchev–Trinajstić information content (AvgIpc) is 2.27. The molecule has 1 atom stereocenters. The molecule has 15 heavy (non-hydrogen) atoms. The van der Waals surface area contributed by atoms with Crippen LogP contribution in [-0.4, -0.2) is 6.29 Å². The molecule has 0 aromatic rings. The van der Waals surface area contributed by atoms with Crippen LogP contribution >= 0.6 is 0 Å². The fraction of sp³-hybridized carbons (Fsp3) is 0.786. The summed E-state index contributed by atoms with van der Waals surface area (Å²) >= 11 is 0. The van der Waals surface area contributed by atoms with Crippen LogP contribution in [0.1, 0.15) is 64.7 Å². The first-order chi connectivity index (χ1) is 7.35. The van der Waals surface area contributed by atoms with Crippen LogP contribution in [0.25, 0.3) is 0 Å². The molecule has 0 aliphatic heterocycles. The molecule has 0 fully saturated rings. The maximum Gasteiger partial charge on any atom is 0.123 e. The molecule has 1 unspecified atom stereocenters. The van der Waals surface area contributed by atoms with E-state index in [0.717, 1.165) is 25.5 Å². The van der Waals surface area contributed by atoms with Gasteiger partial charge in [-0.3, -0.25) is 0 Å². The molecule has 0 aliphatic carbocycles. The van der Waals surface area contributed by atoms with Crippen molar-refractivity contribution in [3.63, 3.8) is 0 Å². The van der Waals surface area contributed by atoms with E-state index >= 15 is 0 Å². The highest BCUT2D eigenvalue weighted by atomic mass is 16.1. The number of carbonyl (C=O) groups is 1. The third kappa shape index (κ3) is 9.71. The Balaban J connectivity index is 3.10. The van der Waals surface area contributed by atoms with Gasteiger partial charge in [0.25, 0.3) is 0 Å². The van der Waals surface area contributed by atoms with Crippen molar-refractivity contribution in [1.29, 1.82) is 0 Å². The molecule has 1 nitrogen and oxygen atoms in total. The van der Waals surface area contributed by atoms with Gasteiger partial charge in [0.1, 0.15) is 6.29 Å². The Morgan fingerprint density at radius 2 is 1.67 bits per heavy atom. The van der Waals surface area contributed by atoms with Gasteiger partial charge in [-0.1, -0.05) is 45.1 Å². The van der Waals surface area contributed by atoms with Crippen molar-refractivity contribution in [3.8, 4) is 0 Å². The Morgan fingerprint density at radius 1 is 1.07 bits per heavy atom. The van der Waals surface area contributed by atoms with Crippen molar-refractivity contribution in [2.24, 2.45) is 5.92 Å². The van der Waals surface area contributed by atoms with Crippen LogP contribution < -0.4 is 0 Å². The zero-order chi connectivity index (χ0) is 11.4.